The highest BCUT2D eigenvalue weighted by Crippen LogP contribution is 2.46. The third-order valence-electron chi connectivity index (χ3n) is 4.89. The zero-order valence-corrected chi connectivity index (χ0v) is 13.3. The van der Waals surface area contributed by atoms with E-state index in [-0.39, 0.29) is 0 Å². The van der Waals surface area contributed by atoms with Crippen LogP contribution >= 0.6 is 0 Å². The van der Waals surface area contributed by atoms with Gasteiger partial charge < -0.3 is 5.73 Å². The van der Waals surface area contributed by atoms with Gasteiger partial charge in [0.15, 0.2) is 0 Å². The van der Waals surface area contributed by atoms with Crippen molar-refractivity contribution >= 4 is 5.84 Å². The van der Waals surface area contributed by atoms with Crippen LogP contribution in [0.5, 0.6) is 0 Å². The van der Waals surface area contributed by atoms with Crippen molar-refractivity contribution in [2.24, 2.45) is 27.5 Å². The van der Waals surface area contributed by atoms with Crippen LogP contribution in [-0.2, 0) is 0 Å². The lowest BCUT2D eigenvalue weighted by Gasteiger charge is -2.44. The maximum absolute atomic E-state index is 6.31. The first-order chi connectivity index (χ1) is 8.77. The molecular formula is C17H32N2. The van der Waals surface area contributed by atoms with Gasteiger partial charge in [-0.15, -0.1) is 0 Å². The minimum Gasteiger partial charge on any atom is -0.387 e. The van der Waals surface area contributed by atoms with E-state index in [1.807, 2.05) is 0 Å². The highest BCUT2D eigenvalue weighted by Gasteiger charge is 2.38. The predicted octanol–water partition coefficient (Wildman–Crippen LogP) is 4.53. The monoisotopic (exact) mass is 264 g/mol. The van der Waals surface area contributed by atoms with Crippen molar-refractivity contribution in [3.05, 3.63) is 0 Å². The van der Waals surface area contributed by atoms with Gasteiger partial charge in [-0.25, -0.2) is 0 Å². The maximum atomic E-state index is 6.31. The molecule has 2 saturated carbocycles. The highest BCUT2D eigenvalue weighted by molar-refractivity contribution is 5.83. The van der Waals surface area contributed by atoms with Crippen LogP contribution in [0, 0.1) is 16.7 Å². The molecule has 2 nitrogen and oxygen atoms in total. The van der Waals surface area contributed by atoms with Gasteiger partial charge in [-0.3, -0.25) is 4.99 Å². The van der Waals surface area contributed by atoms with Crippen LogP contribution in [0.2, 0.25) is 0 Å². The molecule has 110 valence electrons. The van der Waals surface area contributed by atoms with Crippen molar-refractivity contribution < 1.29 is 0 Å². The molecule has 2 aliphatic carbocycles. The van der Waals surface area contributed by atoms with Gasteiger partial charge in [0.25, 0.3) is 0 Å². The van der Waals surface area contributed by atoms with E-state index in [0.29, 0.717) is 22.8 Å². The summed E-state index contributed by atoms with van der Waals surface area (Å²) in [5.74, 6) is 1.53. The van der Waals surface area contributed by atoms with Gasteiger partial charge in [-0.2, -0.15) is 0 Å². The molecule has 0 radical (unpaired) electrons. The molecule has 2 N–H and O–H groups in total. The van der Waals surface area contributed by atoms with Crippen LogP contribution in [0.4, 0.5) is 0 Å². The Morgan fingerprint density at radius 1 is 0.947 bits per heavy atom. The van der Waals surface area contributed by atoms with Crippen molar-refractivity contribution in [1.29, 1.82) is 0 Å². The minimum absolute atomic E-state index is 0.406. The Kier molecular flexibility index (Phi) is 4.27. The SMILES string of the molecule is CC1(C)CC(N=C(N)C2CCCCC2)CC(C)(C)C1. The van der Waals surface area contributed by atoms with E-state index in [2.05, 4.69) is 27.7 Å². The molecule has 0 aromatic rings. The molecule has 19 heavy (non-hydrogen) atoms. The summed E-state index contributed by atoms with van der Waals surface area (Å²) in [5.41, 5.74) is 7.12. The average molecular weight is 264 g/mol. The van der Waals surface area contributed by atoms with Gasteiger partial charge in [-0.05, 0) is 42.9 Å². The third kappa shape index (κ3) is 4.22. The lowest BCUT2D eigenvalue weighted by atomic mass is 9.64. The van der Waals surface area contributed by atoms with Crippen molar-refractivity contribution in [3.8, 4) is 0 Å². The summed E-state index contributed by atoms with van der Waals surface area (Å²) in [5, 5.41) is 0. The van der Waals surface area contributed by atoms with E-state index in [0.717, 1.165) is 5.84 Å². The van der Waals surface area contributed by atoms with Gasteiger partial charge in [0, 0.05) is 5.92 Å². The van der Waals surface area contributed by atoms with Crippen LogP contribution in [0.1, 0.15) is 79.1 Å². The number of aliphatic imine (C=N–C) groups is 1. The van der Waals surface area contributed by atoms with E-state index >= 15 is 0 Å². The predicted molar refractivity (Wildman–Crippen MR) is 83.4 cm³/mol. The Balaban J connectivity index is 2.04. The van der Waals surface area contributed by atoms with Crippen molar-refractivity contribution in [3.63, 3.8) is 0 Å². The average Bonchev–Trinajstić information content (AvgIpc) is 2.25. The van der Waals surface area contributed by atoms with Gasteiger partial charge in [0.1, 0.15) is 0 Å². The Morgan fingerprint density at radius 2 is 1.47 bits per heavy atom. The zero-order valence-electron chi connectivity index (χ0n) is 13.3. The van der Waals surface area contributed by atoms with E-state index in [4.69, 9.17) is 10.7 Å². The van der Waals surface area contributed by atoms with Crippen molar-refractivity contribution in [1.82, 2.24) is 0 Å². The van der Waals surface area contributed by atoms with Gasteiger partial charge >= 0.3 is 0 Å². The molecule has 2 rings (SSSR count). The summed E-state index contributed by atoms with van der Waals surface area (Å²) >= 11 is 0. The lowest BCUT2D eigenvalue weighted by Crippen LogP contribution is -2.37. The minimum atomic E-state index is 0.406. The largest absolute Gasteiger partial charge is 0.387 e. The number of rotatable bonds is 2. The van der Waals surface area contributed by atoms with Crippen LogP contribution in [0.25, 0.3) is 0 Å². The van der Waals surface area contributed by atoms with E-state index in [1.54, 1.807) is 0 Å². The van der Waals surface area contributed by atoms with E-state index in [9.17, 15) is 0 Å². The first kappa shape index (κ1) is 14.9. The molecule has 2 aliphatic rings. The van der Waals surface area contributed by atoms with Crippen LogP contribution in [0.3, 0.4) is 0 Å². The Bertz CT molecular complexity index is 319. The molecule has 0 atom stereocenters. The van der Waals surface area contributed by atoms with Crippen LogP contribution < -0.4 is 5.73 Å². The molecule has 0 aromatic heterocycles. The second-order valence-electron chi connectivity index (χ2n) is 8.46. The highest BCUT2D eigenvalue weighted by atomic mass is 14.9. The quantitative estimate of drug-likeness (QED) is 0.577. The number of hydrogen-bond acceptors (Lipinski definition) is 1. The van der Waals surface area contributed by atoms with E-state index in [1.165, 1.54) is 51.4 Å². The summed E-state index contributed by atoms with van der Waals surface area (Å²) in [7, 11) is 0. The number of nitrogens with two attached hydrogens (primary N) is 1. The van der Waals surface area contributed by atoms with Gasteiger partial charge in [0.2, 0.25) is 0 Å². The Labute approximate surface area is 119 Å². The second-order valence-corrected chi connectivity index (χ2v) is 8.46. The van der Waals surface area contributed by atoms with Crippen LogP contribution in [-0.4, -0.2) is 11.9 Å². The molecular weight excluding hydrogens is 232 g/mol. The zero-order chi connectivity index (χ0) is 14.1. The Hall–Kier alpha value is -0.530. The van der Waals surface area contributed by atoms with Crippen molar-refractivity contribution in [2.45, 2.75) is 85.1 Å². The van der Waals surface area contributed by atoms with Gasteiger partial charge in [0.05, 0.1) is 11.9 Å². The first-order valence-electron chi connectivity index (χ1n) is 8.11. The molecule has 2 fully saturated rings. The van der Waals surface area contributed by atoms with E-state index < -0.39 is 0 Å². The number of hydrogen-bond donors (Lipinski definition) is 1. The first-order valence-corrected chi connectivity index (χ1v) is 8.11. The summed E-state index contributed by atoms with van der Waals surface area (Å²) in [6, 6.07) is 0.445. The molecule has 0 spiro atoms. The molecule has 0 aromatic carbocycles. The molecule has 0 aliphatic heterocycles. The maximum Gasteiger partial charge on any atom is 0.0971 e. The Morgan fingerprint density at radius 3 is 2.00 bits per heavy atom. The fourth-order valence-corrected chi connectivity index (χ4v) is 4.59. The molecule has 2 heteroatoms. The number of amidine groups is 1. The normalized spacial score (nSPS) is 29.4. The van der Waals surface area contributed by atoms with Crippen LogP contribution in [0.15, 0.2) is 4.99 Å². The molecule has 0 bridgehead atoms. The molecule has 0 heterocycles. The molecule has 0 saturated heterocycles. The standard InChI is InChI=1S/C17H32N2/c1-16(2)10-14(11-17(3,4)12-16)19-15(18)13-8-6-5-7-9-13/h13-14H,5-12H2,1-4H3,(H2,18,19). The lowest BCUT2D eigenvalue weighted by molar-refractivity contribution is 0.0994. The summed E-state index contributed by atoms with van der Waals surface area (Å²) in [4.78, 5) is 4.95. The second kappa shape index (κ2) is 5.46. The fraction of sp³-hybridized carbons (Fsp3) is 0.941. The molecule has 0 unspecified atom stereocenters. The molecule has 0 amide bonds. The summed E-state index contributed by atoms with van der Waals surface area (Å²) < 4.78 is 0. The topological polar surface area (TPSA) is 38.4 Å². The summed E-state index contributed by atoms with van der Waals surface area (Å²) in [6.07, 6.45) is 10.3. The third-order valence-corrected chi connectivity index (χ3v) is 4.89. The fourth-order valence-electron chi connectivity index (χ4n) is 4.59. The number of nitrogens with zero attached hydrogens (tertiary/aromatic N) is 1. The summed E-state index contributed by atoms with van der Waals surface area (Å²) in [6.45, 7) is 9.53. The van der Waals surface area contributed by atoms with Crippen molar-refractivity contribution in [2.75, 3.05) is 0 Å². The smallest absolute Gasteiger partial charge is 0.0971 e. The van der Waals surface area contributed by atoms with Gasteiger partial charge in [-0.1, -0.05) is 47.0 Å².